The lowest BCUT2D eigenvalue weighted by Crippen LogP contribution is -2.59. The highest BCUT2D eigenvalue weighted by Crippen LogP contribution is 2.48. The van der Waals surface area contributed by atoms with Crippen molar-refractivity contribution in [3.8, 4) is 0 Å². The number of halogens is 1. The van der Waals surface area contributed by atoms with Gasteiger partial charge in [-0.2, -0.15) is 0 Å². The Balaban J connectivity index is 1.24. The molecule has 5 unspecified atom stereocenters. The number of hydrogen-bond donors (Lipinski definition) is 3. The summed E-state index contributed by atoms with van der Waals surface area (Å²) in [6.07, 6.45) is 3.56. The monoisotopic (exact) mass is 703 g/mol. The van der Waals surface area contributed by atoms with E-state index in [0.717, 1.165) is 24.0 Å². The van der Waals surface area contributed by atoms with Gasteiger partial charge in [-0.15, -0.1) is 0 Å². The quantitative estimate of drug-likeness (QED) is 0.282. The molecule has 1 spiro atoms. The minimum absolute atomic E-state index is 0.0106. The number of amides is 4. The fourth-order valence-electron chi connectivity index (χ4n) is 7.04. The molecule has 266 valence electrons. The fraction of sp³-hybridized carbons (Fsp3) is 0.526. The molecule has 6 atom stereocenters. The Hall–Kier alpha value is -4.25. The average Bonchev–Trinajstić information content (AvgIpc) is 4.00. The number of likely N-dealkylation sites (tertiary alicyclic amines) is 1. The number of carbonyl (C=O) groups excluding carboxylic acids is 5. The van der Waals surface area contributed by atoms with Crippen molar-refractivity contribution in [2.24, 2.45) is 16.5 Å². The largest absolute Gasteiger partial charge is 0.387 e. The lowest BCUT2D eigenvalue weighted by molar-refractivity contribution is -0.145. The molecule has 2 aliphatic heterocycles. The number of hydrogen-bond acceptors (Lipinski definition) is 7. The molecular formula is C38H46ClN5O6. The Morgan fingerprint density at radius 2 is 1.76 bits per heavy atom. The first kappa shape index (κ1) is 35.6. The average molecular weight is 704 g/mol. The van der Waals surface area contributed by atoms with E-state index in [9.17, 15) is 24.0 Å². The molecule has 6 rings (SSSR count). The van der Waals surface area contributed by atoms with E-state index >= 15 is 0 Å². The van der Waals surface area contributed by atoms with Crippen molar-refractivity contribution in [2.45, 2.75) is 108 Å². The Morgan fingerprint density at radius 3 is 2.42 bits per heavy atom. The van der Waals surface area contributed by atoms with E-state index in [1.807, 2.05) is 70.2 Å². The van der Waals surface area contributed by atoms with Crippen LogP contribution in [0.3, 0.4) is 0 Å². The fourth-order valence-corrected chi connectivity index (χ4v) is 7.23. The lowest BCUT2D eigenvalue weighted by atomic mass is 9.85. The third-order valence-corrected chi connectivity index (χ3v) is 10.3. The maximum Gasteiger partial charge on any atom is 0.289 e. The van der Waals surface area contributed by atoms with E-state index in [0.29, 0.717) is 30.0 Å². The molecule has 12 heteroatoms. The molecule has 0 aromatic heterocycles. The number of nitrogens with zero attached hydrogens (tertiary/aromatic N) is 2. The predicted molar refractivity (Wildman–Crippen MR) is 188 cm³/mol. The highest BCUT2D eigenvalue weighted by molar-refractivity contribution is 6.38. The van der Waals surface area contributed by atoms with Crippen LogP contribution in [0.5, 0.6) is 0 Å². The molecule has 0 bridgehead atoms. The van der Waals surface area contributed by atoms with Crippen LogP contribution in [0, 0.1) is 11.3 Å². The van der Waals surface area contributed by atoms with Crippen molar-refractivity contribution in [3.63, 3.8) is 0 Å². The summed E-state index contributed by atoms with van der Waals surface area (Å²) in [5.41, 5.74) is 0.761. The van der Waals surface area contributed by atoms with E-state index in [1.54, 1.807) is 12.1 Å². The molecule has 2 aromatic carbocycles. The summed E-state index contributed by atoms with van der Waals surface area (Å²) in [5.74, 6) is -2.80. The molecule has 3 fully saturated rings. The van der Waals surface area contributed by atoms with Gasteiger partial charge in [0.05, 0.1) is 18.3 Å². The Bertz CT molecular complexity index is 1690. The van der Waals surface area contributed by atoms with Gasteiger partial charge in [0, 0.05) is 35.4 Å². The zero-order chi connectivity index (χ0) is 35.8. The first-order chi connectivity index (χ1) is 23.8. The molecule has 2 saturated carbocycles. The third kappa shape index (κ3) is 7.88. The van der Waals surface area contributed by atoms with Crippen molar-refractivity contribution in [2.75, 3.05) is 6.54 Å². The first-order valence-corrected chi connectivity index (χ1v) is 18.0. The van der Waals surface area contributed by atoms with E-state index in [4.69, 9.17) is 16.4 Å². The van der Waals surface area contributed by atoms with E-state index in [1.165, 1.54) is 4.90 Å². The SMILES string of the molecule is CCCC(NC(=O)C1C[C@]2(CC(c3cccc(Cl)c3)=NO2)CN1C(=O)C(NC(=O)C1CC1c1ccccc1)C(C)(C)C)C(=O)C(=O)NC1CC1. The topological polar surface area (TPSA) is 146 Å². The summed E-state index contributed by atoms with van der Waals surface area (Å²) < 4.78 is 0. The van der Waals surface area contributed by atoms with Gasteiger partial charge in [-0.3, -0.25) is 24.0 Å². The van der Waals surface area contributed by atoms with E-state index < -0.39 is 52.6 Å². The van der Waals surface area contributed by atoms with Crippen molar-refractivity contribution in [1.82, 2.24) is 20.9 Å². The molecule has 2 heterocycles. The maximum atomic E-state index is 14.6. The molecule has 11 nitrogen and oxygen atoms in total. The molecule has 0 radical (unpaired) electrons. The van der Waals surface area contributed by atoms with Gasteiger partial charge in [-0.05, 0) is 54.7 Å². The summed E-state index contributed by atoms with van der Waals surface area (Å²) >= 11 is 6.25. The van der Waals surface area contributed by atoms with Crippen LogP contribution in [0.25, 0.3) is 0 Å². The molecule has 2 aliphatic carbocycles. The van der Waals surface area contributed by atoms with Gasteiger partial charge in [0.1, 0.15) is 12.1 Å². The number of oxime groups is 1. The van der Waals surface area contributed by atoms with Crippen LogP contribution in [0.2, 0.25) is 5.02 Å². The second-order valence-corrected chi connectivity index (χ2v) is 15.8. The van der Waals surface area contributed by atoms with Crippen molar-refractivity contribution < 1.29 is 28.8 Å². The second kappa shape index (κ2) is 14.2. The smallest absolute Gasteiger partial charge is 0.289 e. The first-order valence-electron chi connectivity index (χ1n) is 17.6. The Kier molecular flexibility index (Phi) is 10.1. The predicted octanol–water partition coefficient (Wildman–Crippen LogP) is 4.27. The van der Waals surface area contributed by atoms with Gasteiger partial charge < -0.3 is 25.7 Å². The van der Waals surface area contributed by atoms with Crippen LogP contribution in [-0.4, -0.2) is 76.3 Å². The van der Waals surface area contributed by atoms with E-state index in [-0.39, 0.29) is 43.2 Å². The molecular weight excluding hydrogens is 658 g/mol. The molecule has 1 saturated heterocycles. The van der Waals surface area contributed by atoms with Gasteiger partial charge in [0.25, 0.3) is 5.91 Å². The van der Waals surface area contributed by atoms with Crippen LogP contribution in [0.1, 0.15) is 89.7 Å². The minimum atomic E-state index is -1.05. The summed E-state index contributed by atoms with van der Waals surface area (Å²) in [5, 5.41) is 13.5. The molecule has 4 aliphatic rings. The van der Waals surface area contributed by atoms with Crippen LogP contribution < -0.4 is 16.0 Å². The molecule has 4 amide bonds. The van der Waals surface area contributed by atoms with Crippen LogP contribution >= 0.6 is 11.6 Å². The standard InChI is InChI=1S/C38H46ClN5O6/c1-5-10-28(31(45)35(48)40-25-15-16-25)41-34(47)30-20-38(19-29(43-50-38)23-13-9-14-24(39)17-23)21-44(30)36(49)32(37(2,3)4)42-33(46)27-18-26(27)22-11-7-6-8-12-22/h6-9,11-14,17,25-28,30,32H,5,10,15-16,18-21H2,1-4H3,(H,40,48)(H,41,47)(H,42,46)/t26?,27?,28?,30?,32?,38-/m1/s1. The van der Waals surface area contributed by atoms with Crippen LogP contribution in [0.15, 0.2) is 59.8 Å². The highest BCUT2D eigenvalue weighted by Gasteiger charge is 2.56. The number of carbonyl (C=O) groups is 5. The zero-order valence-corrected chi connectivity index (χ0v) is 29.8. The lowest BCUT2D eigenvalue weighted by Gasteiger charge is -2.35. The number of ketones is 1. The number of nitrogens with one attached hydrogen (secondary N) is 3. The summed E-state index contributed by atoms with van der Waals surface area (Å²) in [4.78, 5) is 75.8. The summed E-state index contributed by atoms with van der Waals surface area (Å²) in [7, 11) is 0. The number of Topliss-reactive ketones (excluding diaryl/α,β-unsaturated/α-hetero) is 1. The van der Waals surface area contributed by atoms with Gasteiger partial charge in [0.2, 0.25) is 23.5 Å². The Morgan fingerprint density at radius 1 is 1.02 bits per heavy atom. The van der Waals surface area contributed by atoms with Crippen molar-refractivity contribution in [1.29, 1.82) is 0 Å². The van der Waals surface area contributed by atoms with Crippen LogP contribution in [-0.2, 0) is 28.8 Å². The van der Waals surface area contributed by atoms with Gasteiger partial charge in [-0.1, -0.05) is 93.3 Å². The van der Waals surface area contributed by atoms with Gasteiger partial charge in [-0.25, -0.2) is 0 Å². The number of rotatable bonds is 12. The van der Waals surface area contributed by atoms with E-state index in [2.05, 4.69) is 21.1 Å². The summed E-state index contributed by atoms with van der Waals surface area (Å²) in [6, 6.07) is 14.0. The number of benzene rings is 2. The zero-order valence-electron chi connectivity index (χ0n) is 29.0. The highest BCUT2D eigenvalue weighted by atomic mass is 35.5. The Labute approximate surface area is 297 Å². The molecule has 3 N–H and O–H groups in total. The van der Waals surface area contributed by atoms with Crippen molar-refractivity contribution >= 4 is 46.7 Å². The normalized spacial score (nSPS) is 25.3. The van der Waals surface area contributed by atoms with Crippen LogP contribution in [0.4, 0.5) is 0 Å². The molecule has 50 heavy (non-hydrogen) atoms. The second-order valence-electron chi connectivity index (χ2n) is 15.3. The minimum Gasteiger partial charge on any atom is -0.387 e. The summed E-state index contributed by atoms with van der Waals surface area (Å²) in [6.45, 7) is 7.52. The van der Waals surface area contributed by atoms with Gasteiger partial charge in [0.15, 0.2) is 5.60 Å². The van der Waals surface area contributed by atoms with Crippen molar-refractivity contribution in [3.05, 3.63) is 70.7 Å². The maximum absolute atomic E-state index is 14.6. The van der Waals surface area contributed by atoms with Gasteiger partial charge >= 0.3 is 0 Å². The third-order valence-electron chi connectivity index (χ3n) is 10.1. The molecule has 2 aromatic rings.